The highest BCUT2D eigenvalue weighted by Gasteiger charge is 2.18. The Morgan fingerprint density at radius 1 is 1.20 bits per heavy atom. The summed E-state index contributed by atoms with van der Waals surface area (Å²) in [5, 5.41) is 3.69. The Balaban J connectivity index is 1.84. The summed E-state index contributed by atoms with van der Waals surface area (Å²) in [5.74, 6) is 0.744. The van der Waals surface area contributed by atoms with Crippen LogP contribution in [0.2, 0.25) is 5.02 Å². The molecule has 1 atom stereocenters. The minimum atomic E-state index is -0.256. The van der Waals surface area contributed by atoms with Gasteiger partial charge in [-0.05, 0) is 69.3 Å². The number of nitrogens with one attached hydrogen (secondary N) is 1. The molecule has 1 N–H and O–H groups in total. The molecule has 4 nitrogen and oxygen atoms in total. The Morgan fingerprint density at radius 3 is 2.56 bits per heavy atom. The second-order valence-electron chi connectivity index (χ2n) is 6.27. The number of anilines is 1. The van der Waals surface area contributed by atoms with Crippen LogP contribution in [-0.2, 0) is 4.79 Å². The maximum atomic E-state index is 12.5. The number of rotatable bonds is 7. The first-order valence-electron chi connectivity index (χ1n) is 8.33. The Morgan fingerprint density at radius 2 is 1.88 bits per heavy atom. The average molecular weight is 361 g/mol. The van der Waals surface area contributed by atoms with Crippen LogP contribution in [-0.4, -0.2) is 37.0 Å². The molecular weight excluding hydrogens is 336 g/mol. The molecule has 1 amide bonds. The number of aryl methyl sites for hydroxylation is 2. The zero-order valence-electron chi connectivity index (χ0n) is 15.2. The number of carbonyl (C=O) groups is 1. The molecule has 0 aromatic heterocycles. The van der Waals surface area contributed by atoms with Crippen molar-refractivity contribution in [2.45, 2.75) is 26.8 Å². The van der Waals surface area contributed by atoms with Crippen LogP contribution < -0.4 is 10.1 Å². The van der Waals surface area contributed by atoms with Gasteiger partial charge in [0, 0.05) is 17.3 Å². The van der Waals surface area contributed by atoms with Gasteiger partial charge in [0.05, 0.1) is 6.04 Å². The fraction of sp³-hybridized carbons (Fsp3) is 0.350. The first kappa shape index (κ1) is 19.3. The van der Waals surface area contributed by atoms with E-state index in [2.05, 4.69) is 5.32 Å². The number of nitrogens with zero attached hydrogens (tertiary/aromatic N) is 1. The van der Waals surface area contributed by atoms with Crippen LogP contribution in [0.25, 0.3) is 0 Å². The molecule has 134 valence electrons. The summed E-state index contributed by atoms with van der Waals surface area (Å²) in [6.07, 6.45) is 0. The van der Waals surface area contributed by atoms with Crippen LogP contribution >= 0.6 is 11.6 Å². The van der Waals surface area contributed by atoms with Crippen molar-refractivity contribution in [3.05, 3.63) is 58.6 Å². The lowest BCUT2D eigenvalue weighted by molar-refractivity contribution is -0.120. The van der Waals surface area contributed by atoms with Crippen molar-refractivity contribution in [1.82, 2.24) is 4.90 Å². The van der Waals surface area contributed by atoms with Crippen molar-refractivity contribution >= 4 is 23.2 Å². The Hall–Kier alpha value is -2.04. The molecule has 0 aliphatic heterocycles. The van der Waals surface area contributed by atoms with E-state index in [1.807, 2.05) is 63.1 Å². The first-order valence-corrected chi connectivity index (χ1v) is 8.71. The Bertz CT molecular complexity index is 716. The van der Waals surface area contributed by atoms with Crippen molar-refractivity contribution in [2.24, 2.45) is 0 Å². The van der Waals surface area contributed by atoms with Gasteiger partial charge in [0.1, 0.15) is 12.4 Å². The second kappa shape index (κ2) is 8.88. The molecule has 0 aliphatic carbocycles. The van der Waals surface area contributed by atoms with E-state index in [0.29, 0.717) is 18.2 Å². The highest BCUT2D eigenvalue weighted by molar-refractivity contribution is 6.30. The van der Waals surface area contributed by atoms with E-state index >= 15 is 0 Å². The normalized spacial score (nSPS) is 12.1. The van der Waals surface area contributed by atoms with Gasteiger partial charge in [0.2, 0.25) is 5.91 Å². The van der Waals surface area contributed by atoms with Gasteiger partial charge in [0.15, 0.2) is 0 Å². The van der Waals surface area contributed by atoms with Gasteiger partial charge < -0.3 is 10.1 Å². The molecule has 0 heterocycles. The number of amides is 1. The molecule has 5 heteroatoms. The molecular formula is C20H25ClN2O2. The number of likely N-dealkylation sites (N-methyl/N-ethyl adjacent to an activating group) is 1. The lowest BCUT2D eigenvalue weighted by Crippen LogP contribution is -2.41. The average Bonchev–Trinajstić information content (AvgIpc) is 2.59. The molecule has 2 aromatic carbocycles. The minimum Gasteiger partial charge on any atom is -0.492 e. The minimum absolute atomic E-state index is 0.0253. The summed E-state index contributed by atoms with van der Waals surface area (Å²) >= 11 is 5.85. The molecule has 0 saturated heterocycles. The number of hydrogen-bond acceptors (Lipinski definition) is 3. The van der Waals surface area contributed by atoms with Crippen LogP contribution in [0.1, 0.15) is 18.1 Å². The monoisotopic (exact) mass is 360 g/mol. The third kappa shape index (κ3) is 5.76. The van der Waals surface area contributed by atoms with Gasteiger partial charge in [-0.15, -0.1) is 0 Å². The van der Waals surface area contributed by atoms with Gasteiger partial charge >= 0.3 is 0 Å². The lowest BCUT2D eigenvalue weighted by atomic mass is 10.1. The summed E-state index contributed by atoms with van der Waals surface area (Å²) in [7, 11) is 1.92. The zero-order valence-corrected chi connectivity index (χ0v) is 15.9. The number of carbonyl (C=O) groups excluding carboxylic acids is 1. The molecule has 2 rings (SSSR count). The lowest BCUT2D eigenvalue weighted by Gasteiger charge is -2.24. The van der Waals surface area contributed by atoms with Crippen molar-refractivity contribution in [2.75, 3.05) is 25.5 Å². The highest BCUT2D eigenvalue weighted by atomic mass is 35.5. The predicted molar refractivity (Wildman–Crippen MR) is 104 cm³/mol. The smallest absolute Gasteiger partial charge is 0.241 e. The van der Waals surface area contributed by atoms with Crippen molar-refractivity contribution in [1.29, 1.82) is 0 Å². The standard InChI is InChI=1S/C20H25ClN2O2/c1-14-5-6-15(2)19(13-14)22-20(24)16(3)23(4)11-12-25-18-9-7-17(21)8-10-18/h5-10,13,16H,11-12H2,1-4H3,(H,22,24). The maximum absolute atomic E-state index is 12.5. The fourth-order valence-corrected chi connectivity index (χ4v) is 2.47. The summed E-state index contributed by atoms with van der Waals surface area (Å²) < 4.78 is 5.68. The Labute approximate surface area is 154 Å². The molecule has 0 fully saturated rings. The molecule has 0 radical (unpaired) electrons. The zero-order chi connectivity index (χ0) is 18.4. The number of benzene rings is 2. The summed E-state index contributed by atoms with van der Waals surface area (Å²) in [6, 6.07) is 13.0. The summed E-state index contributed by atoms with van der Waals surface area (Å²) in [4.78, 5) is 14.4. The molecule has 0 spiro atoms. The molecule has 0 aliphatic rings. The quantitative estimate of drug-likeness (QED) is 0.800. The third-order valence-corrected chi connectivity index (χ3v) is 4.47. The van der Waals surface area contributed by atoms with E-state index in [4.69, 9.17) is 16.3 Å². The van der Waals surface area contributed by atoms with E-state index in [1.165, 1.54) is 0 Å². The second-order valence-corrected chi connectivity index (χ2v) is 6.70. The first-order chi connectivity index (χ1) is 11.9. The maximum Gasteiger partial charge on any atom is 0.241 e. The van der Waals surface area contributed by atoms with Gasteiger partial charge in [-0.2, -0.15) is 0 Å². The van der Waals surface area contributed by atoms with Gasteiger partial charge in [-0.1, -0.05) is 23.7 Å². The van der Waals surface area contributed by atoms with Gasteiger partial charge in [0.25, 0.3) is 0 Å². The summed E-state index contributed by atoms with van der Waals surface area (Å²) in [5.41, 5.74) is 3.04. The summed E-state index contributed by atoms with van der Waals surface area (Å²) in [6.45, 7) is 7.04. The number of halogens is 1. The van der Waals surface area contributed by atoms with Crippen molar-refractivity contribution in [3.8, 4) is 5.75 Å². The van der Waals surface area contributed by atoms with E-state index in [-0.39, 0.29) is 11.9 Å². The van der Waals surface area contributed by atoms with E-state index < -0.39 is 0 Å². The van der Waals surface area contributed by atoms with Gasteiger partial charge in [-0.25, -0.2) is 0 Å². The van der Waals surface area contributed by atoms with Crippen LogP contribution in [0.3, 0.4) is 0 Å². The van der Waals surface area contributed by atoms with Crippen LogP contribution in [0, 0.1) is 13.8 Å². The van der Waals surface area contributed by atoms with Crippen molar-refractivity contribution in [3.63, 3.8) is 0 Å². The number of hydrogen-bond donors (Lipinski definition) is 1. The third-order valence-electron chi connectivity index (χ3n) is 4.22. The van der Waals surface area contributed by atoms with Crippen LogP contribution in [0.4, 0.5) is 5.69 Å². The largest absolute Gasteiger partial charge is 0.492 e. The highest BCUT2D eigenvalue weighted by Crippen LogP contribution is 2.17. The van der Waals surface area contributed by atoms with E-state index in [9.17, 15) is 4.79 Å². The molecule has 0 saturated carbocycles. The van der Waals surface area contributed by atoms with E-state index in [0.717, 1.165) is 22.6 Å². The number of ether oxygens (including phenoxy) is 1. The van der Waals surface area contributed by atoms with Crippen molar-refractivity contribution < 1.29 is 9.53 Å². The molecule has 25 heavy (non-hydrogen) atoms. The fourth-order valence-electron chi connectivity index (χ4n) is 2.34. The van der Waals surface area contributed by atoms with E-state index in [1.54, 1.807) is 12.1 Å². The SMILES string of the molecule is Cc1ccc(C)c(NC(=O)C(C)N(C)CCOc2ccc(Cl)cc2)c1. The van der Waals surface area contributed by atoms with Gasteiger partial charge in [-0.3, -0.25) is 9.69 Å². The topological polar surface area (TPSA) is 41.6 Å². The predicted octanol–water partition coefficient (Wildman–Crippen LogP) is 4.29. The Kier molecular flexibility index (Phi) is 6.85. The molecule has 0 bridgehead atoms. The van der Waals surface area contributed by atoms with Crippen LogP contribution in [0.15, 0.2) is 42.5 Å². The molecule has 2 aromatic rings. The molecule has 1 unspecified atom stereocenters. The van der Waals surface area contributed by atoms with Crippen LogP contribution in [0.5, 0.6) is 5.75 Å².